The number of carbonyl (C=O) groups excluding carboxylic acids is 1. The molecule has 0 saturated heterocycles. The van der Waals surface area contributed by atoms with Gasteiger partial charge in [0.25, 0.3) is 0 Å². The van der Waals surface area contributed by atoms with Crippen LogP contribution in [0.15, 0.2) is 12.2 Å². The number of hydrogen-bond acceptors (Lipinski definition) is 2. The molecule has 0 aliphatic rings. The summed E-state index contributed by atoms with van der Waals surface area (Å²) < 4.78 is 5.18. The van der Waals surface area contributed by atoms with E-state index in [0.29, 0.717) is 13.0 Å². The molecular formula is C19H36O2. The fraction of sp³-hybridized carbons (Fsp3) is 0.842. The molecule has 2 nitrogen and oxygen atoms in total. The van der Waals surface area contributed by atoms with Gasteiger partial charge in [0.1, 0.15) is 6.61 Å². The summed E-state index contributed by atoms with van der Waals surface area (Å²) in [5, 5.41) is 0. The standard InChI is InChI=1S/C19H36O2/c1-3-5-7-9-10-11-12-14-16-18-21-19(20)17-15-13-8-6-4-2/h14,16H,3-13,15,17-18H2,1-2H3/b16-14+. The molecule has 0 aromatic rings. The summed E-state index contributed by atoms with van der Waals surface area (Å²) in [5.41, 5.74) is 0. The molecule has 0 unspecified atom stereocenters. The Hall–Kier alpha value is -0.790. The van der Waals surface area contributed by atoms with E-state index in [0.717, 1.165) is 19.3 Å². The molecule has 0 fully saturated rings. The van der Waals surface area contributed by atoms with Gasteiger partial charge in [-0.3, -0.25) is 4.79 Å². The van der Waals surface area contributed by atoms with Crippen LogP contribution in [0, 0.1) is 0 Å². The minimum atomic E-state index is -0.0456. The molecule has 0 saturated carbocycles. The maximum Gasteiger partial charge on any atom is 0.306 e. The Morgan fingerprint density at radius 2 is 1.33 bits per heavy atom. The molecule has 21 heavy (non-hydrogen) atoms. The number of esters is 1. The molecule has 0 aromatic heterocycles. The lowest BCUT2D eigenvalue weighted by molar-refractivity contribution is -0.142. The van der Waals surface area contributed by atoms with Crippen LogP contribution in [-0.2, 0) is 9.53 Å². The van der Waals surface area contributed by atoms with Crippen LogP contribution in [0.4, 0.5) is 0 Å². The molecule has 0 spiro atoms. The van der Waals surface area contributed by atoms with E-state index in [1.165, 1.54) is 57.8 Å². The predicted octanol–water partition coefficient (Wildman–Crippen LogP) is 6.20. The molecular weight excluding hydrogens is 260 g/mol. The van der Waals surface area contributed by atoms with Crippen molar-refractivity contribution in [3.05, 3.63) is 12.2 Å². The summed E-state index contributed by atoms with van der Waals surface area (Å²) in [6.07, 6.45) is 19.7. The molecule has 0 N–H and O–H groups in total. The molecule has 0 atom stereocenters. The number of hydrogen-bond donors (Lipinski definition) is 0. The number of carbonyl (C=O) groups is 1. The van der Waals surface area contributed by atoms with Gasteiger partial charge in [0.05, 0.1) is 0 Å². The Bertz CT molecular complexity index is 246. The van der Waals surface area contributed by atoms with Crippen LogP contribution in [-0.4, -0.2) is 12.6 Å². The second-order valence-corrected chi connectivity index (χ2v) is 5.88. The number of unbranched alkanes of at least 4 members (excludes halogenated alkanes) is 10. The Labute approximate surface area is 132 Å². The molecule has 0 bridgehead atoms. The third-order valence-corrected chi connectivity index (χ3v) is 3.72. The lowest BCUT2D eigenvalue weighted by atomic mass is 10.1. The highest BCUT2D eigenvalue weighted by Crippen LogP contribution is 2.07. The quantitative estimate of drug-likeness (QED) is 0.204. The van der Waals surface area contributed by atoms with Crippen molar-refractivity contribution in [1.29, 1.82) is 0 Å². The maximum absolute atomic E-state index is 11.5. The summed E-state index contributed by atoms with van der Waals surface area (Å²) in [6.45, 7) is 4.89. The van der Waals surface area contributed by atoms with Gasteiger partial charge in [-0.25, -0.2) is 0 Å². The highest BCUT2D eigenvalue weighted by atomic mass is 16.5. The molecule has 0 aliphatic carbocycles. The summed E-state index contributed by atoms with van der Waals surface area (Å²) in [7, 11) is 0. The predicted molar refractivity (Wildman–Crippen MR) is 91.5 cm³/mol. The van der Waals surface area contributed by atoms with Gasteiger partial charge in [-0.15, -0.1) is 0 Å². The van der Waals surface area contributed by atoms with E-state index in [-0.39, 0.29) is 5.97 Å². The number of allylic oxidation sites excluding steroid dienone is 1. The largest absolute Gasteiger partial charge is 0.461 e. The molecule has 0 aromatic carbocycles. The summed E-state index contributed by atoms with van der Waals surface area (Å²) in [6, 6.07) is 0. The molecule has 124 valence electrons. The first kappa shape index (κ1) is 20.2. The van der Waals surface area contributed by atoms with E-state index < -0.39 is 0 Å². The van der Waals surface area contributed by atoms with Crippen molar-refractivity contribution in [3.8, 4) is 0 Å². The van der Waals surface area contributed by atoms with Gasteiger partial charge in [0, 0.05) is 6.42 Å². The van der Waals surface area contributed by atoms with Crippen molar-refractivity contribution in [1.82, 2.24) is 0 Å². The average molecular weight is 296 g/mol. The summed E-state index contributed by atoms with van der Waals surface area (Å²) >= 11 is 0. The maximum atomic E-state index is 11.5. The van der Waals surface area contributed by atoms with E-state index in [1.54, 1.807) is 0 Å². The zero-order chi connectivity index (χ0) is 15.6. The van der Waals surface area contributed by atoms with Crippen LogP contribution in [0.3, 0.4) is 0 Å². The van der Waals surface area contributed by atoms with Crippen LogP contribution in [0.2, 0.25) is 0 Å². The van der Waals surface area contributed by atoms with Crippen molar-refractivity contribution >= 4 is 5.97 Å². The lowest BCUT2D eigenvalue weighted by Crippen LogP contribution is -2.03. The third kappa shape index (κ3) is 17.2. The Balaban J connectivity index is 3.24. The van der Waals surface area contributed by atoms with Gasteiger partial charge in [0.2, 0.25) is 0 Å². The van der Waals surface area contributed by atoms with E-state index in [4.69, 9.17) is 4.74 Å². The van der Waals surface area contributed by atoms with Crippen molar-refractivity contribution in [3.63, 3.8) is 0 Å². The van der Waals surface area contributed by atoms with Crippen LogP contribution in [0.5, 0.6) is 0 Å². The van der Waals surface area contributed by atoms with Gasteiger partial charge >= 0.3 is 5.97 Å². The van der Waals surface area contributed by atoms with Crippen molar-refractivity contribution in [2.45, 2.75) is 97.3 Å². The van der Waals surface area contributed by atoms with E-state index in [1.807, 2.05) is 6.08 Å². The minimum absolute atomic E-state index is 0.0456. The Morgan fingerprint density at radius 1 is 0.762 bits per heavy atom. The van der Waals surface area contributed by atoms with Gasteiger partial charge in [-0.2, -0.15) is 0 Å². The molecule has 0 radical (unpaired) electrons. The van der Waals surface area contributed by atoms with E-state index >= 15 is 0 Å². The van der Waals surface area contributed by atoms with E-state index in [2.05, 4.69) is 19.9 Å². The second-order valence-electron chi connectivity index (χ2n) is 5.88. The third-order valence-electron chi connectivity index (χ3n) is 3.72. The minimum Gasteiger partial charge on any atom is -0.461 e. The monoisotopic (exact) mass is 296 g/mol. The van der Waals surface area contributed by atoms with Gasteiger partial charge in [-0.05, 0) is 19.3 Å². The average Bonchev–Trinajstić information content (AvgIpc) is 2.49. The zero-order valence-electron chi connectivity index (χ0n) is 14.4. The Kier molecular flexibility index (Phi) is 16.6. The highest BCUT2D eigenvalue weighted by molar-refractivity contribution is 5.69. The smallest absolute Gasteiger partial charge is 0.306 e. The fourth-order valence-corrected chi connectivity index (χ4v) is 2.31. The highest BCUT2D eigenvalue weighted by Gasteiger charge is 2.00. The summed E-state index contributed by atoms with van der Waals surface area (Å²) in [4.78, 5) is 11.5. The van der Waals surface area contributed by atoms with Crippen molar-refractivity contribution < 1.29 is 9.53 Å². The van der Waals surface area contributed by atoms with Gasteiger partial charge < -0.3 is 4.74 Å². The van der Waals surface area contributed by atoms with Crippen LogP contribution >= 0.6 is 0 Å². The van der Waals surface area contributed by atoms with E-state index in [9.17, 15) is 4.79 Å². The number of ether oxygens (including phenoxy) is 1. The normalized spacial score (nSPS) is 11.1. The van der Waals surface area contributed by atoms with Gasteiger partial charge in [0.15, 0.2) is 0 Å². The summed E-state index contributed by atoms with van der Waals surface area (Å²) in [5.74, 6) is -0.0456. The second kappa shape index (κ2) is 17.3. The van der Waals surface area contributed by atoms with Crippen LogP contribution in [0.25, 0.3) is 0 Å². The van der Waals surface area contributed by atoms with Crippen LogP contribution < -0.4 is 0 Å². The van der Waals surface area contributed by atoms with Crippen molar-refractivity contribution in [2.75, 3.05) is 6.61 Å². The Morgan fingerprint density at radius 3 is 2.00 bits per heavy atom. The molecule has 0 amide bonds. The molecule has 0 heterocycles. The first-order chi connectivity index (χ1) is 10.3. The van der Waals surface area contributed by atoms with Gasteiger partial charge in [-0.1, -0.05) is 83.8 Å². The van der Waals surface area contributed by atoms with Crippen LogP contribution in [0.1, 0.15) is 97.3 Å². The number of rotatable bonds is 15. The topological polar surface area (TPSA) is 26.3 Å². The fourth-order valence-electron chi connectivity index (χ4n) is 2.31. The molecule has 2 heteroatoms. The first-order valence-corrected chi connectivity index (χ1v) is 9.11. The lowest BCUT2D eigenvalue weighted by Gasteiger charge is -2.02. The molecule has 0 aliphatic heterocycles. The first-order valence-electron chi connectivity index (χ1n) is 9.11. The zero-order valence-corrected chi connectivity index (χ0v) is 14.4. The van der Waals surface area contributed by atoms with Crippen molar-refractivity contribution in [2.24, 2.45) is 0 Å². The SMILES string of the molecule is CCCCCCCC/C=C/COC(=O)CCCCCCC. The molecule has 0 rings (SSSR count).